The van der Waals surface area contributed by atoms with Crippen molar-refractivity contribution in [3.63, 3.8) is 0 Å². The zero-order chi connectivity index (χ0) is 12.7. The molecule has 18 heavy (non-hydrogen) atoms. The summed E-state index contributed by atoms with van der Waals surface area (Å²) < 4.78 is 0. The SMILES string of the molecule is Cc1ccc(C(C)NC(=O)C2CC3CC3C2)cc1. The molecule has 2 aliphatic carbocycles. The summed E-state index contributed by atoms with van der Waals surface area (Å²) in [6.45, 7) is 4.15. The summed E-state index contributed by atoms with van der Waals surface area (Å²) in [6.07, 6.45) is 3.62. The highest BCUT2D eigenvalue weighted by Crippen LogP contribution is 2.54. The van der Waals surface area contributed by atoms with Crippen molar-refractivity contribution in [1.29, 1.82) is 0 Å². The molecule has 0 heterocycles. The smallest absolute Gasteiger partial charge is 0.223 e. The molecule has 1 amide bonds. The molecule has 3 rings (SSSR count). The third-order valence-electron chi connectivity index (χ3n) is 4.55. The van der Waals surface area contributed by atoms with Gasteiger partial charge in [0.2, 0.25) is 5.91 Å². The van der Waals surface area contributed by atoms with Crippen LogP contribution in [-0.2, 0) is 4.79 Å². The van der Waals surface area contributed by atoms with Crippen LogP contribution in [0.25, 0.3) is 0 Å². The highest BCUT2D eigenvalue weighted by molar-refractivity contribution is 5.79. The van der Waals surface area contributed by atoms with Gasteiger partial charge in [0.25, 0.3) is 0 Å². The van der Waals surface area contributed by atoms with E-state index < -0.39 is 0 Å². The van der Waals surface area contributed by atoms with Gasteiger partial charge < -0.3 is 5.32 Å². The lowest BCUT2D eigenvalue weighted by Crippen LogP contribution is -2.32. The zero-order valence-corrected chi connectivity index (χ0v) is 11.1. The third-order valence-corrected chi connectivity index (χ3v) is 4.55. The van der Waals surface area contributed by atoms with E-state index in [1.807, 2.05) is 0 Å². The monoisotopic (exact) mass is 243 g/mol. The quantitative estimate of drug-likeness (QED) is 0.867. The Kier molecular flexibility index (Phi) is 2.89. The van der Waals surface area contributed by atoms with Gasteiger partial charge in [0.15, 0.2) is 0 Å². The summed E-state index contributed by atoms with van der Waals surface area (Å²) in [4.78, 5) is 12.2. The molecular formula is C16H21NO. The van der Waals surface area contributed by atoms with Gasteiger partial charge in [-0.25, -0.2) is 0 Å². The topological polar surface area (TPSA) is 29.1 Å². The summed E-state index contributed by atoms with van der Waals surface area (Å²) in [7, 11) is 0. The molecule has 96 valence electrons. The fraction of sp³-hybridized carbons (Fsp3) is 0.562. The van der Waals surface area contributed by atoms with Crippen LogP contribution in [0.15, 0.2) is 24.3 Å². The number of hydrogen-bond acceptors (Lipinski definition) is 1. The Morgan fingerprint density at radius 3 is 2.39 bits per heavy atom. The number of aryl methyl sites for hydroxylation is 1. The second-order valence-electron chi connectivity index (χ2n) is 6.07. The van der Waals surface area contributed by atoms with Gasteiger partial charge >= 0.3 is 0 Å². The van der Waals surface area contributed by atoms with E-state index in [2.05, 4.69) is 43.4 Å². The number of rotatable bonds is 3. The van der Waals surface area contributed by atoms with Gasteiger partial charge in [-0.05, 0) is 50.5 Å². The normalized spacial score (nSPS) is 30.7. The summed E-state index contributed by atoms with van der Waals surface area (Å²) in [5.41, 5.74) is 2.45. The number of fused-ring (bicyclic) bond motifs is 1. The molecule has 3 unspecified atom stereocenters. The van der Waals surface area contributed by atoms with Crippen LogP contribution in [0.5, 0.6) is 0 Å². The maximum absolute atomic E-state index is 12.2. The Balaban J connectivity index is 1.58. The first-order valence-corrected chi connectivity index (χ1v) is 7.00. The summed E-state index contributed by atoms with van der Waals surface area (Å²) in [5, 5.41) is 3.16. The van der Waals surface area contributed by atoms with Gasteiger partial charge in [-0.1, -0.05) is 29.8 Å². The number of amides is 1. The van der Waals surface area contributed by atoms with Crippen LogP contribution in [0.3, 0.4) is 0 Å². The fourth-order valence-corrected chi connectivity index (χ4v) is 3.20. The summed E-state index contributed by atoms with van der Waals surface area (Å²) >= 11 is 0. The van der Waals surface area contributed by atoms with Crippen molar-refractivity contribution in [2.75, 3.05) is 0 Å². The third kappa shape index (κ3) is 2.29. The lowest BCUT2D eigenvalue weighted by molar-refractivity contribution is -0.125. The molecule has 2 aliphatic rings. The number of carbonyl (C=O) groups is 1. The van der Waals surface area contributed by atoms with Gasteiger partial charge in [-0.3, -0.25) is 4.79 Å². The van der Waals surface area contributed by atoms with Gasteiger partial charge in [-0.15, -0.1) is 0 Å². The van der Waals surface area contributed by atoms with Crippen LogP contribution >= 0.6 is 0 Å². The maximum atomic E-state index is 12.2. The van der Waals surface area contributed by atoms with Crippen molar-refractivity contribution in [2.45, 2.75) is 39.2 Å². The van der Waals surface area contributed by atoms with Crippen molar-refractivity contribution in [3.8, 4) is 0 Å². The Morgan fingerprint density at radius 1 is 1.17 bits per heavy atom. The first-order chi connectivity index (χ1) is 8.63. The minimum Gasteiger partial charge on any atom is -0.349 e. The van der Waals surface area contributed by atoms with Crippen LogP contribution in [0.1, 0.15) is 43.4 Å². The molecule has 0 aromatic heterocycles. The Bertz CT molecular complexity index is 441. The number of hydrogen-bond donors (Lipinski definition) is 1. The Hall–Kier alpha value is -1.31. The van der Waals surface area contributed by atoms with Gasteiger partial charge in [0, 0.05) is 5.92 Å². The molecule has 2 heteroatoms. The standard InChI is InChI=1S/C16H21NO/c1-10-3-5-12(6-4-10)11(2)17-16(18)15-8-13-7-14(13)9-15/h3-6,11,13-15H,7-9H2,1-2H3,(H,17,18). The predicted octanol–water partition coefficient (Wildman–Crippen LogP) is 3.22. The van der Waals surface area contributed by atoms with Crippen LogP contribution < -0.4 is 5.32 Å². The van der Waals surface area contributed by atoms with E-state index in [0.717, 1.165) is 24.7 Å². The molecule has 1 N–H and O–H groups in total. The minimum absolute atomic E-state index is 0.120. The summed E-state index contributed by atoms with van der Waals surface area (Å²) in [6, 6.07) is 8.53. The first kappa shape index (κ1) is 11.8. The molecule has 0 saturated heterocycles. The van der Waals surface area contributed by atoms with Crippen molar-refractivity contribution < 1.29 is 4.79 Å². The zero-order valence-electron chi connectivity index (χ0n) is 11.1. The predicted molar refractivity (Wildman–Crippen MR) is 72.1 cm³/mol. The lowest BCUT2D eigenvalue weighted by atomic mass is 10.0. The van der Waals surface area contributed by atoms with Crippen molar-refractivity contribution in [1.82, 2.24) is 5.32 Å². The first-order valence-electron chi connectivity index (χ1n) is 7.00. The van der Waals surface area contributed by atoms with Crippen molar-refractivity contribution >= 4 is 5.91 Å². The van der Waals surface area contributed by atoms with E-state index in [-0.39, 0.29) is 17.9 Å². The second kappa shape index (κ2) is 4.42. The van der Waals surface area contributed by atoms with E-state index in [9.17, 15) is 4.79 Å². The minimum atomic E-state index is 0.120. The van der Waals surface area contributed by atoms with Crippen LogP contribution in [-0.4, -0.2) is 5.91 Å². The Labute approximate surface area is 109 Å². The average molecular weight is 243 g/mol. The molecule has 2 nitrogen and oxygen atoms in total. The molecule has 0 aliphatic heterocycles. The molecular weight excluding hydrogens is 222 g/mol. The van der Waals surface area contributed by atoms with Crippen LogP contribution in [0.2, 0.25) is 0 Å². The van der Waals surface area contributed by atoms with E-state index in [1.54, 1.807) is 0 Å². The fourth-order valence-electron chi connectivity index (χ4n) is 3.20. The second-order valence-corrected chi connectivity index (χ2v) is 6.07. The molecule has 0 spiro atoms. The van der Waals surface area contributed by atoms with E-state index in [1.165, 1.54) is 17.5 Å². The van der Waals surface area contributed by atoms with E-state index in [4.69, 9.17) is 0 Å². The largest absolute Gasteiger partial charge is 0.349 e. The molecule has 1 aromatic carbocycles. The van der Waals surface area contributed by atoms with Crippen LogP contribution in [0, 0.1) is 24.7 Å². The lowest BCUT2D eigenvalue weighted by Gasteiger charge is -2.18. The molecule has 0 radical (unpaired) electrons. The van der Waals surface area contributed by atoms with Gasteiger partial charge in [0.1, 0.15) is 0 Å². The highest BCUT2D eigenvalue weighted by atomic mass is 16.1. The van der Waals surface area contributed by atoms with E-state index >= 15 is 0 Å². The average Bonchev–Trinajstić information content (AvgIpc) is 2.96. The molecule has 1 aromatic rings. The van der Waals surface area contributed by atoms with Crippen molar-refractivity contribution in [3.05, 3.63) is 35.4 Å². The van der Waals surface area contributed by atoms with Gasteiger partial charge in [-0.2, -0.15) is 0 Å². The molecule has 2 saturated carbocycles. The van der Waals surface area contributed by atoms with Crippen molar-refractivity contribution in [2.24, 2.45) is 17.8 Å². The maximum Gasteiger partial charge on any atom is 0.223 e. The molecule has 2 fully saturated rings. The number of nitrogens with one attached hydrogen (secondary N) is 1. The summed E-state index contributed by atoms with van der Waals surface area (Å²) in [5.74, 6) is 2.28. The van der Waals surface area contributed by atoms with Gasteiger partial charge in [0.05, 0.1) is 6.04 Å². The highest BCUT2D eigenvalue weighted by Gasteiger charge is 2.48. The van der Waals surface area contributed by atoms with Crippen LogP contribution in [0.4, 0.5) is 0 Å². The number of benzene rings is 1. The number of carbonyl (C=O) groups excluding carboxylic acids is 1. The van der Waals surface area contributed by atoms with E-state index in [0.29, 0.717) is 0 Å². The molecule has 3 atom stereocenters. The molecule has 0 bridgehead atoms. The Morgan fingerprint density at radius 2 is 1.78 bits per heavy atom.